The first-order chi connectivity index (χ1) is 9.28. The van der Waals surface area contributed by atoms with Gasteiger partial charge in [0.2, 0.25) is 0 Å². The SMILES string of the molecule is CNC1c2ccccc2CC1Cc1ccc(F)cc1. The Morgan fingerprint density at radius 1 is 1.11 bits per heavy atom. The van der Waals surface area contributed by atoms with E-state index in [0.717, 1.165) is 12.8 Å². The molecule has 98 valence electrons. The van der Waals surface area contributed by atoms with Gasteiger partial charge in [0.25, 0.3) is 0 Å². The van der Waals surface area contributed by atoms with Crippen LogP contribution in [0.15, 0.2) is 48.5 Å². The Balaban J connectivity index is 1.81. The Labute approximate surface area is 113 Å². The molecule has 0 heterocycles. The summed E-state index contributed by atoms with van der Waals surface area (Å²) in [5.41, 5.74) is 4.06. The van der Waals surface area contributed by atoms with Gasteiger partial charge in [0.15, 0.2) is 0 Å². The van der Waals surface area contributed by atoms with Crippen LogP contribution in [0.2, 0.25) is 0 Å². The second kappa shape index (κ2) is 5.14. The van der Waals surface area contributed by atoms with Crippen molar-refractivity contribution in [3.8, 4) is 0 Å². The first-order valence-corrected chi connectivity index (χ1v) is 6.77. The molecule has 0 saturated carbocycles. The van der Waals surface area contributed by atoms with E-state index in [1.54, 1.807) is 12.1 Å². The molecule has 0 aromatic heterocycles. The molecule has 0 aliphatic heterocycles. The van der Waals surface area contributed by atoms with E-state index in [2.05, 4.69) is 29.6 Å². The molecule has 0 bridgehead atoms. The Kier molecular flexibility index (Phi) is 3.34. The van der Waals surface area contributed by atoms with Gasteiger partial charge in [-0.1, -0.05) is 36.4 Å². The third-order valence-corrected chi connectivity index (χ3v) is 4.07. The molecule has 1 aliphatic rings. The molecule has 0 amide bonds. The van der Waals surface area contributed by atoms with Crippen LogP contribution < -0.4 is 5.32 Å². The topological polar surface area (TPSA) is 12.0 Å². The number of rotatable bonds is 3. The Morgan fingerprint density at radius 3 is 2.58 bits per heavy atom. The molecule has 3 rings (SSSR count). The highest BCUT2D eigenvalue weighted by molar-refractivity contribution is 5.36. The lowest BCUT2D eigenvalue weighted by Crippen LogP contribution is -2.23. The van der Waals surface area contributed by atoms with Crippen molar-refractivity contribution >= 4 is 0 Å². The highest BCUT2D eigenvalue weighted by Crippen LogP contribution is 2.37. The predicted octanol–water partition coefficient (Wildman–Crippen LogP) is 3.50. The second-order valence-electron chi connectivity index (χ2n) is 5.26. The van der Waals surface area contributed by atoms with Gasteiger partial charge < -0.3 is 5.32 Å². The predicted molar refractivity (Wildman–Crippen MR) is 75.5 cm³/mol. The van der Waals surface area contributed by atoms with Gasteiger partial charge in [0.1, 0.15) is 5.82 Å². The molecule has 2 aromatic carbocycles. The number of fused-ring (bicyclic) bond motifs is 1. The lowest BCUT2D eigenvalue weighted by molar-refractivity contribution is 0.410. The number of nitrogens with one attached hydrogen (secondary N) is 1. The number of hydrogen-bond donors (Lipinski definition) is 1. The Hall–Kier alpha value is -1.67. The van der Waals surface area contributed by atoms with Crippen molar-refractivity contribution in [3.05, 3.63) is 71.0 Å². The molecule has 2 atom stereocenters. The van der Waals surface area contributed by atoms with Crippen molar-refractivity contribution in [3.63, 3.8) is 0 Å². The van der Waals surface area contributed by atoms with Crippen molar-refractivity contribution in [1.29, 1.82) is 0 Å². The van der Waals surface area contributed by atoms with E-state index >= 15 is 0 Å². The van der Waals surface area contributed by atoms with E-state index in [9.17, 15) is 4.39 Å². The first-order valence-electron chi connectivity index (χ1n) is 6.77. The summed E-state index contributed by atoms with van der Waals surface area (Å²) < 4.78 is 12.9. The van der Waals surface area contributed by atoms with Crippen LogP contribution >= 0.6 is 0 Å². The maximum atomic E-state index is 12.9. The van der Waals surface area contributed by atoms with Crippen LogP contribution in [-0.4, -0.2) is 7.05 Å². The van der Waals surface area contributed by atoms with Crippen LogP contribution in [0, 0.1) is 11.7 Å². The van der Waals surface area contributed by atoms with Gasteiger partial charge in [-0.2, -0.15) is 0 Å². The summed E-state index contributed by atoms with van der Waals surface area (Å²) in [6.07, 6.45) is 2.08. The molecule has 0 fully saturated rings. The third kappa shape index (κ3) is 2.41. The van der Waals surface area contributed by atoms with Gasteiger partial charge in [-0.05, 0) is 54.6 Å². The smallest absolute Gasteiger partial charge is 0.123 e. The summed E-state index contributed by atoms with van der Waals surface area (Å²) in [7, 11) is 2.02. The summed E-state index contributed by atoms with van der Waals surface area (Å²) in [6, 6.07) is 15.9. The van der Waals surface area contributed by atoms with Gasteiger partial charge >= 0.3 is 0 Å². The second-order valence-corrected chi connectivity index (χ2v) is 5.26. The first kappa shape index (κ1) is 12.4. The molecular weight excluding hydrogens is 237 g/mol. The fourth-order valence-corrected chi connectivity index (χ4v) is 3.18. The van der Waals surface area contributed by atoms with Crippen molar-refractivity contribution in [1.82, 2.24) is 5.32 Å². The molecule has 19 heavy (non-hydrogen) atoms. The van der Waals surface area contributed by atoms with Gasteiger partial charge in [-0.3, -0.25) is 0 Å². The average molecular weight is 255 g/mol. The molecule has 2 unspecified atom stereocenters. The van der Waals surface area contributed by atoms with E-state index in [1.807, 2.05) is 19.2 Å². The van der Waals surface area contributed by atoms with E-state index in [1.165, 1.54) is 16.7 Å². The minimum atomic E-state index is -0.163. The lowest BCUT2D eigenvalue weighted by Gasteiger charge is -2.20. The molecule has 1 N–H and O–H groups in total. The van der Waals surface area contributed by atoms with E-state index in [-0.39, 0.29) is 5.82 Å². The summed E-state index contributed by atoms with van der Waals surface area (Å²) >= 11 is 0. The third-order valence-electron chi connectivity index (χ3n) is 4.07. The largest absolute Gasteiger partial charge is 0.313 e. The summed E-state index contributed by atoms with van der Waals surface area (Å²) in [6.45, 7) is 0. The van der Waals surface area contributed by atoms with E-state index < -0.39 is 0 Å². The zero-order valence-electron chi connectivity index (χ0n) is 11.1. The number of hydrogen-bond acceptors (Lipinski definition) is 1. The van der Waals surface area contributed by atoms with Crippen LogP contribution in [0.25, 0.3) is 0 Å². The van der Waals surface area contributed by atoms with E-state index in [4.69, 9.17) is 0 Å². The minimum Gasteiger partial charge on any atom is -0.313 e. The monoisotopic (exact) mass is 255 g/mol. The van der Waals surface area contributed by atoms with E-state index in [0.29, 0.717) is 12.0 Å². The normalized spacial score (nSPS) is 21.4. The Bertz CT molecular complexity index is 562. The molecule has 0 radical (unpaired) electrons. The van der Waals surface area contributed by atoms with Crippen LogP contribution in [0.1, 0.15) is 22.7 Å². The molecule has 1 aliphatic carbocycles. The maximum Gasteiger partial charge on any atom is 0.123 e. The van der Waals surface area contributed by atoms with Crippen LogP contribution in [-0.2, 0) is 12.8 Å². The van der Waals surface area contributed by atoms with Gasteiger partial charge in [-0.25, -0.2) is 4.39 Å². The van der Waals surface area contributed by atoms with Crippen molar-refractivity contribution in [2.75, 3.05) is 7.05 Å². The zero-order valence-corrected chi connectivity index (χ0v) is 11.1. The standard InChI is InChI=1S/C17H18FN/c1-19-17-14(10-12-6-8-15(18)9-7-12)11-13-4-2-3-5-16(13)17/h2-9,14,17,19H,10-11H2,1H3. The molecule has 0 saturated heterocycles. The van der Waals surface area contributed by atoms with Gasteiger partial charge in [0.05, 0.1) is 0 Å². The lowest BCUT2D eigenvalue weighted by atomic mass is 9.93. The van der Waals surface area contributed by atoms with Crippen molar-refractivity contribution in [2.45, 2.75) is 18.9 Å². The van der Waals surface area contributed by atoms with Crippen LogP contribution in [0.4, 0.5) is 4.39 Å². The highest BCUT2D eigenvalue weighted by atomic mass is 19.1. The highest BCUT2D eigenvalue weighted by Gasteiger charge is 2.30. The summed E-state index contributed by atoms with van der Waals surface area (Å²) in [5.74, 6) is 0.386. The number of halogens is 1. The molecule has 2 heteroatoms. The van der Waals surface area contributed by atoms with Crippen LogP contribution in [0.5, 0.6) is 0 Å². The van der Waals surface area contributed by atoms with Gasteiger partial charge in [-0.15, -0.1) is 0 Å². The molecule has 2 aromatic rings. The fourth-order valence-electron chi connectivity index (χ4n) is 3.18. The molecule has 1 nitrogen and oxygen atoms in total. The number of benzene rings is 2. The Morgan fingerprint density at radius 2 is 1.84 bits per heavy atom. The zero-order chi connectivity index (χ0) is 13.2. The fraction of sp³-hybridized carbons (Fsp3) is 0.294. The molecular formula is C17H18FN. The quantitative estimate of drug-likeness (QED) is 0.885. The minimum absolute atomic E-state index is 0.163. The summed E-state index contributed by atoms with van der Waals surface area (Å²) in [4.78, 5) is 0. The maximum absolute atomic E-state index is 12.9. The van der Waals surface area contributed by atoms with Gasteiger partial charge in [0, 0.05) is 6.04 Å². The summed E-state index contributed by atoms with van der Waals surface area (Å²) in [5, 5.41) is 3.43. The van der Waals surface area contributed by atoms with Crippen molar-refractivity contribution in [2.24, 2.45) is 5.92 Å². The van der Waals surface area contributed by atoms with Crippen molar-refractivity contribution < 1.29 is 4.39 Å². The average Bonchev–Trinajstić information content (AvgIpc) is 2.78. The molecule has 0 spiro atoms. The van der Waals surface area contributed by atoms with Crippen LogP contribution in [0.3, 0.4) is 0 Å².